The minimum atomic E-state index is 0.765. The van der Waals surface area contributed by atoms with Crippen molar-refractivity contribution in [3.63, 3.8) is 0 Å². The molecule has 0 spiro atoms. The third-order valence-electron chi connectivity index (χ3n) is 3.35. The number of aryl methyl sites for hydroxylation is 3. The summed E-state index contributed by atoms with van der Waals surface area (Å²) in [5.41, 5.74) is 6.53. The SMILES string of the molecule is Cc1ccc(-n2c(C)cc(C=O)c2C)cc1C. The van der Waals surface area contributed by atoms with Crippen molar-refractivity contribution in [2.24, 2.45) is 0 Å². The van der Waals surface area contributed by atoms with Gasteiger partial charge in [-0.15, -0.1) is 0 Å². The van der Waals surface area contributed by atoms with E-state index in [2.05, 4.69) is 36.6 Å². The van der Waals surface area contributed by atoms with Gasteiger partial charge in [-0.05, 0) is 57.0 Å². The summed E-state index contributed by atoms with van der Waals surface area (Å²) in [6, 6.07) is 8.29. The molecule has 0 N–H and O–H groups in total. The van der Waals surface area contributed by atoms with E-state index in [4.69, 9.17) is 0 Å². The number of aromatic nitrogens is 1. The Labute approximate surface area is 102 Å². The van der Waals surface area contributed by atoms with Gasteiger partial charge in [0.15, 0.2) is 6.29 Å². The summed E-state index contributed by atoms with van der Waals surface area (Å²) >= 11 is 0. The highest BCUT2D eigenvalue weighted by molar-refractivity contribution is 5.77. The minimum Gasteiger partial charge on any atom is -0.318 e. The van der Waals surface area contributed by atoms with Crippen LogP contribution in [0.1, 0.15) is 32.9 Å². The quantitative estimate of drug-likeness (QED) is 0.719. The van der Waals surface area contributed by atoms with Gasteiger partial charge in [-0.1, -0.05) is 6.07 Å². The Morgan fingerprint density at radius 2 is 1.71 bits per heavy atom. The van der Waals surface area contributed by atoms with Crippen LogP contribution in [0.2, 0.25) is 0 Å². The Bertz CT molecular complexity index is 579. The second-order valence-corrected chi connectivity index (χ2v) is 4.55. The fourth-order valence-corrected chi connectivity index (χ4v) is 2.17. The first kappa shape index (κ1) is 11.6. The van der Waals surface area contributed by atoms with Crippen LogP contribution in [0.4, 0.5) is 0 Å². The predicted octanol–water partition coefficient (Wildman–Crippen LogP) is 3.52. The van der Waals surface area contributed by atoms with Gasteiger partial charge in [0.25, 0.3) is 0 Å². The highest BCUT2D eigenvalue weighted by Gasteiger charge is 2.10. The van der Waals surface area contributed by atoms with Crippen molar-refractivity contribution in [3.05, 3.63) is 52.3 Å². The number of carbonyl (C=O) groups excluding carboxylic acids is 1. The smallest absolute Gasteiger partial charge is 0.151 e. The largest absolute Gasteiger partial charge is 0.318 e. The maximum atomic E-state index is 10.9. The van der Waals surface area contributed by atoms with Crippen LogP contribution in [-0.4, -0.2) is 10.9 Å². The van der Waals surface area contributed by atoms with E-state index in [9.17, 15) is 4.79 Å². The number of carbonyl (C=O) groups is 1. The summed E-state index contributed by atoms with van der Waals surface area (Å²) in [6.45, 7) is 8.21. The Morgan fingerprint density at radius 3 is 2.24 bits per heavy atom. The lowest BCUT2D eigenvalue weighted by Crippen LogP contribution is -2.00. The van der Waals surface area contributed by atoms with Crippen LogP contribution in [0.5, 0.6) is 0 Å². The van der Waals surface area contributed by atoms with Gasteiger partial charge < -0.3 is 4.57 Å². The summed E-state index contributed by atoms with van der Waals surface area (Å²) in [5.74, 6) is 0. The molecule has 0 aliphatic carbocycles. The van der Waals surface area contributed by atoms with Gasteiger partial charge in [-0.3, -0.25) is 4.79 Å². The first-order valence-corrected chi connectivity index (χ1v) is 5.76. The molecule has 88 valence electrons. The van der Waals surface area contributed by atoms with Gasteiger partial charge in [0, 0.05) is 22.6 Å². The van der Waals surface area contributed by atoms with Crippen LogP contribution in [0, 0.1) is 27.7 Å². The van der Waals surface area contributed by atoms with Crippen LogP contribution in [0.15, 0.2) is 24.3 Å². The molecule has 0 saturated carbocycles. The minimum absolute atomic E-state index is 0.765. The van der Waals surface area contributed by atoms with Crippen molar-refractivity contribution in [1.29, 1.82) is 0 Å². The predicted molar refractivity (Wildman–Crippen MR) is 70.1 cm³/mol. The van der Waals surface area contributed by atoms with E-state index in [1.807, 2.05) is 19.9 Å². The topological polar surface area (TPSA) is 22.0 Å². The molecule has 2 heteroatoms. The third kappa shape index (κ3) is 1.91. The van der Waals surface area contributed by atoms with Gasteiger partial charge in [0.1, 0.15) is 0 Å². The van der Waals surface area contributed by atoms with Crippen molar-refractivity contribution in [3.8, 4) is 5.69 Å². The van der Waals surface area contributed by atoms with Crippen LogP contribution in [0.3, 0.4) is 0 Å². The highest BCUT2D eigenvalue weighted by Crippen LogP contribution is 2.21. The van der Waals surface area contributed by atoms with Gasteiger partial charge in [0.05, 0.1) is 0 Å². The lowest BCUT2D eigenvalue weighted by molar-refractivity contribution is 0.112. The van der Waals surface area contributed by atoms with E-state index in [1.54, 1.807) is 0 Å². The molecule has 0 aliphatic heterocycles. The molecule has 2 aromatic rings. The van der Waals surface area contributed by atoms with E-state index in [1.165, 1.54) is 11.1 Å². The van der Waals surface area contributed by atoms with Crippen molar-refractivity contribution >= 4 is 6.29 Å². The van der Waals surface area contributed by atoms with Crippen LogP contribution >= 0.6 is 0 Å². The second-order valence-electron chi connectivity index (χ2n) is 4.55. The zero-order valence-electron chi connectivity index (χ0n) is 10.7. The standard InChI is InChI=1S/C15H17NO/c1-10-5-6-15(7-11(10)2)16-12(3)8-14(9-17)13(16)4/h5-9H,1-4H3. The molecule has 1 heterocycles. The molecule has 0 radical (unpaired) electrons. The first-order chi connectivity index (χ1) is 8.04. The van der Waals surface area contributed by atoms with Crippen molar-refractivity contribution in [2.45, 2.75) is 27.7 Å². The molecule has 0 fully saturated rings. The molecular weight excluding hydrogens is 210 g/mol. The molecule has 17 heavy (non-hydrogen) atoms. The average molecular weight is 227 g/mol. The lowest BCUT2D eigenvalue weighted by Gasteiger charge is -2.11. The Hall–Kier alpha value is -1.83. The summed E-state index contributed by atoms with van der Waals surface area (Å²) in [4.78, 5) is 10.9. The normalized spacial score (nSPS) is 10.6. The molecule has 0 unspecified atom stereocenters. The maximum Gasteiger partial charge on any atom is 0.151 e. The van der Waals surface area contributed by atoms with Crippen LogP contribution < -0.4 is 0 Å². The molecule has 0 bridgehead atoms. The summed E-state index contributed by atoms with van der Waals surface area (Å²) < 4.78 is 2.12. The Balaban J connectivity index is 2.63. The fraction of sp³-hybridized carbons (Fsp3) is 0.267. The van der Waals surface area contributed by atoms with Gasteiger partial charge >= 0.3 is 0 Å². The van der Waals surface area contributed by atoms with Crippen molar-refractivity contribution < 1.29 is 4.79 Å². The van der Waals surface area contributed by atoms with Crippen LogP contribution in [-0.2, 0) is 0 Å². The summed E-state index contributed by atoms with van der Waals surface area (Å²) in [6.07, 6.45) is 0.917. The highest BCUT2D eigenvalue weighted by atomic mass is 16.1. The molecule has 1 aromatic heterocycles. The van der Waals surface area contributed by atoms with E-state index >= 15 is 0 Å². The number of nitrogens with zero attached hydrogens (tertiary/aromatic N) is 1. The number of benzene rings is 1. The number of rotatable bonds is 2. The molecule has 0 saturated heterocycles. The van der Waals surface area contributed by atoms with E-state index in [-0.39, 0.29) is 0 Å². The summed E-state index contributed by atoms with van der Waals surface area (Å²) in [5, 5.41) is 0. The van der Waals surface area contributed by atoms with E-state index < -0.39 is 0 Å². The zero-order chi connectivity index (χ0) is 12.6. The molecule has 2 rings (SSSR count). The maximum absolute atomic E-state index is 10.9. The average Bonchev–Trinajstić information content (AvgIpc) is 2.58. The lowest BCUT2D eigenvalue weighted by atomic mass is 10.1. The van der Waals surface area contributed by atoms with Gasteiger partial charge in [0.2, 0.25) is 0 Å². The van der Waals surface area contributed by atoms with Crippen LogP contribution in [0.25, 0.3) is 5.69 Å². The zero-order valence-corrected chi connectivity index (χ0v) is 10.7. The first-order valence-electron chi connectivity index (χ1n) is 5.76. The molecular formula is C15H17NO. The molecule has 1 aromatic carbocycles. The fourth-order valence-electron chi connectivity index (χ4n) is 2.17. The van der Waals surface area contributed by atoms with Crippen molar-refractivity contribution in [1.82, 2.24) is 4.57 Å². The van der Waals surface area contributed by atoms with Crippen molar-refractivity contribution in [2.75, 3.05) is 0 Å². The molecule has 2 nitrogen and oxygen atoms in total. The number of hydrogen-bond donors (Lipinski definition) is 0. The Morgan fingerprint density at radius 1 is 1.00 bits per heavy atom. The van der Waals surface area contributed by atoms with E-state index in [0.29, 0.717) is 0 Å². The monoisotopic (exact) mass is 227 g/mol. The number of hydrogen-bond acceptors (Lipinski definition) is 1. The summed E-state index contributed by atoms with van der Waals surface area (Å²) in [7, 11) is 0. The molecule has 0 aliphatic rings. The second kappa shape index (κ2) is 4.21. The molecule has 0 atom stereocenters. The number of aldehydes is 1. The van der Waals surface area contributed by atoms with E-state index in [0.717, 1.165) is 28.9 Å². The van der Waals surface area contributed by atoms with Gasteiger partial charge in [-0.25, -0.2) is 0 Å². The third-order valence-corrected chi connectivity index (χ3v) is 3.35. The molecule has 0 amide bonds. The van der Waals surface area contributed by atoms with Gasteiger partial charge in [-0.2, -0.15) is 0 Å². The Kier molecular flexibility index (Phi) is 2.88.